The Hall–Kier alpha value is -2.64. The highest BCUT2D eigenvalue weighted by molar-refractivity contribution is 5.95. The van der Waals surface area contributed by atoms with Gasteiger partial charge < -0.3 is 14.8 Å². The van der Waals surface area contributed by atoms with Crippen molar-refractivity contribution in [2.24, 2.45) is 0 Å². The highest BCUT2D eigenvalue weighted by atomic mass is 19.1. The molecule has 1 amide bonds. The van der Waals surface area contributed by atoms with Crippen LogP contribution in [0, 0.1) is 5.82 Å². The van der Waals surface area contributed by atoms with E-state index in [4.69, 9.17) is 19.2 Å². The van der Waals surface area contributed by atoms with E-state index in [1.165, 1.54) is 38.5 Å². The molecule has 0 aliphatic heterocycles. The van der Waals surface area contributed by atoms with Gasteiger partial charge in [-0.15, -0.1) is 0 Å². The number of amides is 1. The van der Waals surface area contributed by atoms with Crippen LogP contribution in [0.4, 0.5) is 4.39 Å². The molecule has 146 valence electrons. The standard InChI is InChI=1S/C20H24FNO5/c1-20(2,3)27-26-19(13-6-8-15(21)9-7-13)22-18(23)14-10-16(24-4)12-17(11-14)25-5/h6-12,19H,1-5H3,(H,22,23)/t19-/m1/s1. The van der Waals surface area contributed by atoms with Crippen molar-refractivity contribution < 1.29 is 28.4 Å². The van der Waals surface area contributed by atoms with Gasteiger partial charge in [-0.05, 0) is 45.0 Å². The predicted molar refractivity (Wildman–Crippen MR) is 98.1 cm³/mol. The van der Waals surface area contributed by atoms with Gasteiger partial charge in [0, 0.05) is 17.2 Å². The second kappa shape index (κ2) is 8.83. The molecule has 1 N–H and O–H groups in total. The Kier molecular flexibility index (Phi) is 6.76. The van der Waals surface area contributed by atoms with E-state index in [9.17, 15) is 9.18 Å². The van der Waals surface area contributed by atoms with Gasteiger partial charge in [0.25, 0.3) is 5.91 Å². The van der Waals surface area contributed by atoms with Crippen LogP contribution < -0.4 is 14.8 Å². The molecule has 2 aromatic rings. The van der Waals surface area contributed by atoms with Crippen LogP contribution in [0.1, 0.15) is 42.9 Å². The largest absolute Gasteiger partial charge is 0.497 e. The van der Waals surface area contributed by atoms with Crippen molar-refractivity contribution >= 4 is 5.91 Å². The maximum absolute atomic E-state index is 13.2. The fraction of sp³-hybridized carbons (Fsp3) is 0.350. The Balaban J connectivity index is 2.25. The third-order valence-electron chi connectivity index (χ3n) is 3.44. The van der Waals surface area contributed by atoms with Crippen molar-refractivity contribution in [1.82, 2.24) is 5.32 Å². The molecule has 0 bridgehead atoms. The molecular weight excluding hydrogens is 353 g/mol. The van der Waals surface area contributed by atoms with E-state index in [0.717, 1.165) is 0 Å². The number of benzene rings is 2. The van der Waals surface area contributed by atoms with E-state index < -0.39 is 23.6 Å². The lowest BCUT2D eigenvalue weighted by molar-refractivity contribution is -0.379. The molecule has 1 atom stereocenters. The number of halogens is 1. The van der Waals surface area contributed by atoms with Gasteiger partial charge in [0.05, 0.1) is 19.8 Å². The number of nitrogens with one attached hydrogen (secondary N) is 1. The van der Waals surface area contributed by atoms with Gasteiger partial charge in [-0.2, -0.15) is 0 Å². The summed E-state index contributed by atoms with van der Waals surface area (Å²) in [6.45, 7) is 5.43. The summed E-state index contributed by atoms with van der Waals surface area (Å²) in [5.41, 5.74) is 0.254. The molecule has 0 aliphatic rings. The maximum Gasteiger partial charge on any atom is 0.253 e. The quantitative estimate of drug-likeness (QED) is 0.449. The number of carbonyl (C=O) groups is 1. The number of rotatable bonds is 7. The van der Waals surface area contributed by atoms with Crippen molar-refractivity contribution in [2.75, 3.05) is 14.2 Å². The Morgan fingerprint density at radius 3 is 2.04 bits per heavy atom. The Labute approximate surface area is 158 Å². The van der Waals surface area contributed by atoms with Gasteiger partial charge >= 0.3 is 0 Å². The summed E-state index contributed by atoms with van der Waals surface area (Å²) in [6.07, 6.45) is -0.936. The first-order chi connectivity index (χ1) is 12.7. The minimum Gasteiger partial charge on any atom is -0.497 e. The molecule has 0 spiro atoms. The van der Waals surface area contributed by atoms with Gasteiger partial charge in [-0.1, -0.05) is 12.1 Å². The van der Waals surface area contributed by atoms with Crippen molar-refractivity contribution in [3.8, 4) is 11.5 Å². The normalized spacial score (nSPS) is 12.4. The van der Waals surface area contributed by atoms with Crippen LogP contribution in [-0.4, -0.2) is 25.7 Å². The first-order valence-electron chi connectivity index (χ1n) is 8.36. The lowest BCUT2D eigenvalue weighted by Crippen LogP contribution is -2.33. The average Bonchev–Trinajstić information content (AvgIpc) is 2.64. The zero-order valence-corrected chi connectivity index (χ0v) is 16.0. The molecule has 0 aromatic heterocycles. The van der Waals surface area contributed by atoms with Crippen LogP contribution in [-0.2, 0) is 9.78 Å². The smallest absolute Gasteiger partial charge is 0.253 e. The van der Waals surface area contributed by atoms with Gasteiger partial charge in [0.15, 0.2) is 6.23 Å². The maximum atomic E-state index is 13.2. The van der Waals surface area contributed by atoms with Crippen LogP contribution in [0.25, 0.3) is 0 Å². The number of carbonyl (C=O) groups excluding carboxylic acids is 1. The van der Waals surface area contributed by atoms with E-state index in [-0.39, 0.29) is 0 Å². The number of methoxy groups -OCH3 is 2. The summed E-state index contributed by atoms with van der Waals surface area (Å²) >= 11 is 0. The van der Waals surface area contributed by atoms with Crippen LogP contribution in [0.3, 0.4) is 0 Å². The first-order valence-corrected chi connectivity index (χ1v) is 8.36. The van der Waals surface area contributed by atoms with Crippen molar-refractivity contribution in [3.63, 3.8) is 0 Å². The molecule has 7 heteroatoms. The lowest BCUT2D eigenvalue weighted by Gasteiger charge is -2.24. The van der Waals surface area contributed by atoms with Crippen LogP contribution in [0.5, 0.6) is 11.5 Å². The SMILES string of the molecule is COc1cc(OC)cc(C(=O)N[C@H](OOC(C)(C)C)c2ccc(F)cc2)c1. The molecule has 0 aliphatic carbocycles. The zero-order chi connectivity index (χ0) is 20.0. The summed E-state index contributed by atoms with van der Waals surface area (Å²) in [7, 11) is 3.00. The Bertz CT molecular complexity index is 749. The van der Waals surface area contributed by atoms with Crippen LogP contribution in [0.2, 0.25) is 0 Å². The van der Waals surface area contributed by atoms with E-state index in [0.29, 0.717) is 22.6 Å². The fourth-order valence-electron chi connectivity index (χ4n) is 2.13. The van der Waals surface area contributed by atoms with Crippen molar-refractivity contribution in [1.29, 1.82) is 0 Å². The van der Waals surface area contributed by atoms with Crippen LogP contribution >= 0.6 is 0 Å². The number of hydrogen-bond acceptors (Lipinski definition) is 5. The summed E-state index contributed by atoms with van der Waals surface area (Å²) < 4.78 is 23.6. The summed E-state index contributed by atoms with van der Waals surface area (Å²) in [4.78, 5) is 23.5. The van der Waals surface area contributed by atoms with E-state index >= 15 is 0 Å². The zero-order valence-electron chi connectivity index (χ0n) is 16.0. The third kappa shape index (κ3) is 6.23. The average molecular weight is 377 g/mol. The molecule has 2 aromatic carbocycles. The van der Waals surface area contributed by atoms with Gasteiger partial charge in [-0.3, -0.25) is 4.79 Å². The number of hydrogen-bond donors (Lipinski definition) is 1. The van der Waals surface area contributed by atoms with E-state index in [1.54, 1.807) is 18.2 Å². The van der Waals surface area contributed by atoms with E-state index in [2.05, 4.69) is 5.32 Å². The second-order valence-electron chi connectivity index (χ2n) is 6.80. The summed E-state index contributed by atoms with van der Waals surface area (Å²) in [5, 5.41) is 2.72. The molecule has 2 rings (SSSR count). The van der Waals surface area contributed by atoms with Crippen molar-refractivity contribution in [2.45, 2.75) is 32.6 Å². The van der Waals surface area contributed by atoms with Gasteiger partial charge in [0.2, 0.25) is 0 Å². The molecule has 0 saturated heterocycles. The molecule has 0 saturated carbocycles. The lowest BCUT2D eigenvalue weighted by atomic mass is 10.1. The van der Waals surface area contributed by atoms with Crippen LogP contribution in [0.15, 0.2) is 42.5 Å². The molecule has 0 fully saturated rings. The second-order valence-corrected chi connectivity index (χ2v) is 6.80. The van der Waals surface area contributed by atoms with Gasteiger partial charge in [0.1, 0.15) is 17.3 Å². The fourth-order valence-corrected chi connectivity index (χ4v) is 2.13. The first kappa shape index (κ1) is 20.7. The number of ether oxygens (including phenoxy) is 2. The monoisotopic (exact) mass is 377 g/mol. The Morgan fingerprint density at radius 2 is 1.56 bits per heavy atom. The highest BCUT2D eigenvalue weighted by Crippen LogP contribution is 2.24. The molecule has 0 heterocycles. The predicted octanol–water partition coefficient (Wildman–Crippen LogP) is 4.02. The topological polar surface area (TPSA) is 66.0 Å². The minimum absolute atomic E-state index is 0.317. The van der Waals surface area contributed by atoms with Crippen molar-refractivity contribution in [3.05, 3.63) is 59.4 Å². The molecule has 0 radical (unpaired) electrons. The highest BCUT2D eigenvalue weighted by Gasteiger charge is 2.22. The Morgan fingerprint density at radius 1 is 1.00 bits per heavy atom. The molecule has 0 unspecified atom stereocenters. The third-order valence-corrected chi connectivity index (χ3v) is 3.44. The summed E-state index contributed by atoms with van der Waals surface area (Å²) in [5.74, 6) is 0.131. The summed E-state index contributed by atoms with van der Waals surface area (Å²) in [6, 6.07) is 10.4. The minimum atomic E-state index is -0.936. The van der Waals surface area contributed by atoms with E-state index in [1.807, 2.05) is 20.8 Å². The molecule has 6 nitrogen and oxygen atoms in total. The molecular formula is C20H24FNO5. The molecule has 27 heavy (non-hydrogen) atoms. The van der Waals surface area contributed by atoms with Gasteiger partial charge in [-0.25, -0.2) is 14.2 Å².